The van der Waals surface area contributed by atoms with Crippen LogP contribution >= 0.6 is 0 Å². The van der Waals surface area contributed by atoms with Crippen molar-refractivity contribution >= 4 is 11.7 Å². The molecule has 2 heterocycles. The van der Waals surface area contributed by atoms with Gasteiger partial charge in [-0.1, -0.05) is 30.4 Å². The molecule has 3 atom stereocenters. The molecule has 2 aliphatic rings. The van der Waals surface area contributed by atoms with Crippen LogP contribution in [0.3, 0.4) is 0 Å². The average Bonchev–Trinajstić information content (AvgIpc) is 3.10. The number of rotatable bonds is 2. The number of benzene rings is 1. The van der Waals surface area contributed by atoms with Gasteiger partial charge in [0, 0.05) is 18.3 Å². The van der Waals surface area contributed by atoms with E-state index >= 15 is 0 Å². The third-order valence-corrected chi connectivity index (χ3v) is 4.85. The number of hydrogen-bond donors (Lipinski definition) is 1. The van der Waals surface area contributed by atoms with Crippen LogP contribution in [0.25, 0.3) is 0 Å². The van der Waals surface area contributed by atoms with Gasteiger partial charge in [0.1, 0.15) is 0 Å². The van der Waals surface area contributed by atoms with Crippen LogP contribution in [-0.2, 0) is 4.74 Å². The summed E-state index contributed by atoms with van der Waals surface area (Å²) in [5, 5.41) is 3.59. The van der Waals surface area contributed by atoms with Crippen molar-refractivity contribution in [3.05, 3.63) is 71.6 Å². The Labute approximate surface area is 135 Å². The van der Waals surface area contributed by atoms with E-state index in [1.165, 1.54) is 12.7 Å². The van der Waals surface area contributed by atoms with E-state index in [0.29, 0.717) is 17.4 Å². The van der Waals surface area contributed by atoms with E-state index in [1.807, 2.05) is 24.4 Å². The zero-order chi connectivity index (χ0) is 15.8. The molecular formula is C19H18N2O2. The maximum Gasteiger partial charge on any atom is 0.339 e. The molecule has 1 aromatic carbocycles. The van der Waals surface area contributed by atoms with Crippen LogP contribution < -0.4 is 5.32 Å². The summed E-state index contributed by atoms with van der Waals surface area (Å²) >= 11 is 0. The molecule has 1 aromatic heterocycles. The van der Waals surface area contributed by atoms with E-state index in [9.17, 15) is 4.79 Å². The number of fused-ring (bicyclic) bond motifs is 3. The normalized spacial score (nSPS) is 24.5. The van der Waals surface area contributed by atoms with Crippen molar-refractivity contribution in [2.24, 2.45) is 5.92 Å². The predicted octanol–water partition coefficient (Wildman–Crippen LogP) is 3.69. The van der Waals surface area contributed by atoms with Crippen LogP contribution in [0, 0.1) is 5.92 Å². The van der Waals surface area contributed by atoms with Crippen LogP contribution in [0.15, 0.2) is 54.9 Å². The Balaban J connectivity index is 1.84. The molecule has 1 aliphatic carbocycles. The van der Waals surface area contributed by atoms with Crippen LogP contribution in [0.5, 0.6) is 0 Å². The summed E-state index contributed by atoms with van der Waals surface area (Å²) in [7, 11) is 1.42. The number of nitrogens with one attached hydrogen (secondary N) is 1. The van der Waals surface area contributed by atoms with E-state index in [1.54, 1.807) is 6.20 Å². The molecule has 0 saturated carbocycles. The smallest absolute Gasteiger partial charge is 0.339 e. The Morgan fingerprint density at radius 2 is 2.22 bits per heavy atom. The SMILES string of the molecule is COC(=O)c1cccc2c1N[C@H](c1cccnc1)[C@@H]1CC=C[C@H]21. The van der Waals surface area contributed by atoms with Gasteiger partial charge in [-0.3, -0.25) is 4.98 Å². The summed E-state index contributed by atoms with van der Waals surface area (Å²) in [5.41, 5.74) is 3.81. The highest BCUT2D eigenvalue weighted by atomic mass is 16.5. The molecule has 1 aliphatic heterocycles. The zero-order valence-corrected chi connectivity index (χ0v) is 12.9. The largest absolute Gasteiger partial charge is 0.465 e. The van der Waals surface area contributed by atoms with Gasteiger partial charge >= 0.3 is 5.97 Å². The number of ether oxygens (including phenoxy) is 1. The molecule has 0 bridgehead atoms. The van der Waals surface area contributed by atoms with E-state index in [-0.39, 0.29) is 12.0 Å². The number of hydrogen-bond acceptors (Lipinski definition) is 4. The van der Waals surface area contributed by atoms with Crippen LogP contribution in [0.4, 0.5) is 5.69 Å². The Morgan fingerprint density at radius 1 is 1.30 bits per heavy atom. The second kappa shape index (κ2) is 5.54. The van der Waals surface area contributed by atoms with Crippen molar-refractivity contribution in [2.75, 3.05) is 12.4 Å². The lowest BCUT2D eigenvalue weighted by Gasteiger charge is -2.38. The third kappa shape index (κ3) is 2.22. The van der Waals surface area contributed by atoms with Crippen molar-refractivity contribution in [2.45, 2.75) is 18.4 Å². The molecule has 2 aromatic rings. The maximum atomic E-state index is 12.1. The Hall–Kier alpha value is -2.62. The lowest BCUT2D eigenvalue weighted by molar-refractivity contribution is 0.0601. The summed E-state index contributed by atoms with van der Waals surface area (Å²) in [4.78, 5) is 16.4. The molecule has 116 valence electrons. The third-order valence-electron chi connectivity index (χ3n) is 4.85. The lowest BCUT2D eigenvalue weighted by Crippen LogP contribution is -2.30. The first kappa shape index (κ1) is 14.0. The van der Waals surface area contributed by atoms with E-state index < -0.39 is 0 Å². The quantitative estimate of drug-likeness (QED) is 0.679. The molecule has 0 radical (unpaired) electrons. The summed E-state index contributed by atoms with van der Waals surface area (Å²) in [6.07, 6.45) is 9.21. The number of esters is 1. The molecular weight excluding hydrogens is 288 g/mol. The van der Waals surface area contributed by atoms with Crippen molar-refractivity contribution in [1.29, 1.82) is 0 Å². The van der Waals surface area contributed by atoms with Gasteiger partial charge in [-0.25, -0.2) is 4.79 Å². The molecule has 0 unspecified atom stereocenters. The van der Waals surface area contributed by atoms with E-state index in [4.69, 9.17) is 4.74 Å². The molecule has 4 rings (SSSR count). The number of allylic oxidation sites excluding steroid dienone is 2. The van der Waals surface area contributed by atoms with E-state index in [0.717, 1.165) is 17.7 Å². The molecule has 0 saturated heterocycles. The summed E-state index contributed by atoms with van der Waals surface area (Å²) in [6, 6.07) is 10.0. The van der Waals surface area contributed by atoms with Crippen LogP contribution in [0.1, 0.15) is 39.9 Å². The molecule has 4 nitrogen and oxygen atoms in total. The monoisotopic (exact) mass is 306 g/mol. The number of nitrogens with zero attached hydrogens (tertiary/aromatic N) is 1. The van der Waals surface area contributed by atoms with Crippen molar-refractivity contribution in [3.63, 3.8) is 0 Å². The zero-order valence-electron chi connectivity index (χ0n) is 12.9. The summed E-state index contributed by atoms with van der Waals surface area (Å²) in [5.74, 6) is 0.459. The highest BCUT2D eigenvalue weighted by molar-refractivity contribution is 5.97. The molecule has 23 heavy (non-hydrogen) atoms. The minimum atomic E-state index is -0.306. The van der Waals surface area contributed by atoms with Crippen molar-refractivity contribution < 1.29 is 9.53 Å². The molecule has 0 spiro atoms. The fraction of sp³-hybridized carbons (Fsp3) is 0.263. The second-order valence-electron chi connectivity index (χ2n) is 6.02. The number of methoxy groups -OCH3 is 1. The highest BCUT2D eigenvalue weighted by Gasteiger charge is 2.39. The lowest BCUT2D eigenvalue weighted by atomic mass is 9.76. The number of para-hydroxylation sites is 1. The van der Waals surface area contributed by atoms with Gasteiger partial charge in [0.2, 0.25) is 0 Å². The maximum absolute atomic E-state index is 12.1. The fourth-order valence-electron chi connectivity index (χ4n) is 3.79. The second-order valence-corrected chi connectivity index (χ2v) is 6.02. The Morgan fingerprint density at radius 3 is 3.00 bits per heavy atom. The van der Waals surface area contributed by atoms with Gasteiger partial charge in [0.05, 0.1) is 24.4 Å². The first-order valence-electron chi connectivity index (χ1n) is 7.84. The predicted molar refractivity (Wildman–Crippen MR) is 88.4 cm³/mol. The number of aromatic nitrogens is 1. The standard InChI is InChI=1S/C19H18N2O2/c1-23-19(22)16-9-3-8-15-13-6-2-7-14(13)17(21-18(15)16)12-5-4-10-20-11-12/h2-6,8-11,13-14,17,21H,7H2,1H3/t13-,14+,17+/m0/s1. The van der Waals surface area contributed by atoms with Gasteiger partial charge in [0.25, 0.3) is 0 Å². The number of anilines is 1. The minimum Gasteiger partial charge on any atom is -0.465 e. The van der Waals surface area contributed by atoms with Crippen molar-refractivity contribution in [3.8, 4) is 0 Å². The van der Waals surface area contributed by atoms with Crippen LogP contribution in [0.2, 0.25) is 0 Å². The molecule has 4 heteroatoms. The Kier molecular flexibility index (Phi) is 3.37. The Bertz CT molecular complexity index is 770. The fourth-order valence-corrected chi connectivity index (χ4v) is 3.79. The van der Waals surface area contributed by atoms with Gasteiger partial charge in [0.15, 0.2) is 0 Å². The van der Waals surface area contributed by atoms with Crippen molar-refractivity contribution in [1.82, 2.24) is 4.98 Å². The topological polar surface area (TPSA) is 51.2 Å². The molecule has 0 fully saturated rings. The van der Waals surface area contributed by atoms with Gasteiger partial charge < -0.3 is 10.1 Å². The minimum absolute atomic E-state index is 0.141. The number of pyridine rings is 1. The first-order chi connectivity index (χ1) is 11.3. The highest BCUT2D eigenvalue weighted by Crippen LogP contribution is 2.50. The summed E-state index contributed by atoms with van der Waals surface area (Å²) < 4.78 is 4.95. The number of carbonyl (C=O) groups is 1. The summed E-state index contributed by atoms with van der Waals surface area (Å²) in [6.45, 7) is 0. The molecule has 1 N–H and O–H groups in total. The first-order valence-corrected chi connectivity index (χ1v) is 7.84. The van der Waals surface area contributed by atoms with Gasteiger partial charge in [-0.05, 0) is 35.6 Å². The van der Waals surface area contributed by atoms with Gasteiger partial charge in [-0.2, -0.15) is 0 Å². The number of carbonyl (C=O) groups excluding carboxylic acids is 1. The molecule has 0 amide bonds. The van der Waals surface area contributed by atoms with E-state index in [2.05, 4.69) is 34.6 Å². The van der Waals surface area contributed by atoms with Crippen LogP contribution in [-0.4, -0.2) is 18.1 Å². The average molecular weight is 306 g/mol. The van der Waals surface area contributed by atoms with Gasteiger partial charge in [-0.15, -0.1) is 0 Å².